The van der Waals surface area contributed by atoms with Gasteiger partial charge in [0, 0.05) is 18.2 Å². The zero-order valence-electron chi connectivity index (χ0n) is 9.75. The number of nitrogens with zero attached hydrogens (tertiary/aromatic N) is 1. The van der Waals surface area contributed by atoms with Crippen molar-refractivity contribution in [2.75, 3.05) is 6.54 Å². The quantitative estimate of drug-likeness (QED) is 0.817. The standard InChI is InChI=1S/C13H15BrFNO/c1-2-10-4-3-7-16(10)13(17)9-5-6-12(15)11(14)8-9/h5-6,8,10H,2-4,7H2,1H3. The van der Waals surface area contributed by atoms with Crippen LogP contribution in [0.4, 0.5) is 4.39 Å². The summed E-state index contributed by atoms with van der Waals surface area (Å²) in [6, 6.07) is 4.77. The maximum atomic E-state index is 13.1. The number of amides is 1. The summed E-state index contributed by atoms with van der Waals surface area (Å²) in [4.78, 5) is 14.2. The molecule has 1 aromatic carbocycles. The van der Waals surface area contributed by atoms with Crippen LogP contribution in [-0.4, -0.2) is 23.4 Å². The molecule has 1 amide bonds. The van der Waals surface area contributed by atoms with E-state index in [-0.39, 0.29) is 11.7 Å². The second kappa shape index (κ2) is 5.17. The van der Waals surface area contributed by atoms with E-state index in [9.17, 15) is 9.18 Å². The Balaban J connectivity index is 2.21. The number of hydrogen-bond donors (Lipinski definition) is 0. The lowest BCUT2D eigenvalue weighted by Crippen LogP contribution is -2.35. The molecule has 1 aliphatic heterocycles. The van der Waals surface area contributed by atoms with E-state index in [0.29, 0.717) is 16.1 Å². The third-order valence-electron chi connectivity index (χ3n) is 3.28. The Hall–Kier alpha value is -0.900. The minimum absolute atomic E-state index is 0.00931. The first-order valence-electron chi connectivity index (χ1n) is 5.89. The van der Waals surface area contributed by atoms with Gasteiger partial charge in [-0.15, -0.1) is 0 Å². The van der Waals surface area contributed by atoms with Gasteiger partial charge in [-0.25, -0.2) is 4.39 Å². The predicted octanol–water partition coefficient (Wildman–Crippen LogP) is 3.60. The first kappa shape index (κ1) is 12.6. The number of hydrogen-bond acceptors (Lipinski definition) is 1. The maximum absolute atomic E-state index is 13.1. The number of halogens is 2. The molecule has 1 fully saturated rings. The molecule has 0 aromatic heterocycles. The van der Waals surface area contributed by atoms with E-state index in [1.54, 1.807) is 12.1 Å². The Kier molecular flexibility index (Phi) is 3.82. The van der Waals surface area contributed by atoms with E-state index in [1.807, 2.05) is 4.90 Å². The second-order valence-corrected chi connectivity index (χ2v) is 5.19. The summed E-state index contributed by atoms with van der Waals surface area (Å²) in [5.41, 5.74) is 0.554. The maximum Gasteiger partial charge on any atom is 0.254 e. The van der Waals surface area contributed by atoms with E-state index < -0.39 is 0 Å². The number of likely N-dealkylation sites (tertiary alicyclic amines) is 1. The lowest BCUT2D eigenvalue weighted by atomic mass is 10.1. The van der Waals surface area contributed by atoms with Crippen molar-refractivity contribution in [3.05, 3.63) is 34.1 Å². The molecule has 0 aliphatic carbocycles. The van der Waals surface area contributed by atoms with Gasteiger partial charge in [-0.2, -0.15) is 0 Å². The molecule has 4 heteroatoms. The number of rotatable bonds is 2. The van der Waals surface area contributed by atoms with Crippen LogP contribution in [0, 0.1) is 5.82 Å². The van der Waals surface area contributed by atoms with Gasteiger partial charge < -0.3 is 4.90 Å². The van der Waals surface area contributed by atoms with Gasteiger partial charge in [0.1, 0.15) is 5.82 Å². The summed E-state index contributed by atoms with van der Waals surface area (Å²) in [5.74, 6) is -0.329. The van der Waals surface area contributed by atoms with Crippen LogP contribution >= 0.6 is 15.9 Å². The number of carbonyl (C=O) groups excluding carboxylic acids is 1. The molecule has 1 aromatic rings. The highest BCUT2D eigenvalue weighted by Gasteiger charge is 2.28. The zero-order valence-corrected chi connectivity index (χ0v) is 11.3. The monoisotopic (exact) mass is 299 g/mol. The summed E-state index contributed by atoms with van der Waals surface area (Å²) in [6.45, 7) is 2.91. The fourth-order valence-corrected chi connectivity index (χ4v) is 2.70. The van der Waals surface area contributed by atoms with Crippen LogP contribution in [0.15, 0.2) is 22.7 Å². The number of carbonyl (C=O) groups is 1. The zero-order chi connectivity index (χ0) is 12.4. The second-order valence-electron chi connectivity index (χ2n) is 4.33. The van der Waals surface area contributed by atoms with Crippen LogP contribution in [0.5, 0.6) is 0 Å². The van der Waals surface area contributed by atoms with Gasteiger partial charge in [0.05, 0.1) is 4.47 Å². The normalized spacial score (nSPS) is 19.7. The van der Waals surface area contributed by atoms with Gasteiger partial charge in [0.2, 0.25) is 0 Å². The van der Waals surface area contributed by atoms with Crippen LogP contribution in [0.3, 0.4) is 0 Å². The molecule has 0 spiro atoms. The summed E-state index contributed by atoms with van der Waals surface area (Å²) >= 11 is 3.11. The van der Waals surface area contributed by atoms with Crippen molar-refractivity contribution in [1.82, 2.24) is 4.90 Å². The Morgan fingerprint density at radius 2 is 2.35 bits per heavy atom. The molecular weight excluding hydrogens is 285 g/mol. The van der Waals surface area contributed by atoms with E-state index in [4.69, 9.17) is 0 Å². The van der Waals surface area contributed by atoms with Crippen LogP contribution < -0.4 is 0 Å². The van der Waals surface area contributed by atoms with Crippen molar-refractivity contribution in [3.8, 4) is 0 Å². The summed E-state index contributed by atoms with van der Waals surface area (Å²) < 4.78 is 13.5. The smallest absolute Gasteiger partial charge is 0.254 e. The van der Waals surface area contributed by atoms with Crippen LogP contribution in [0.25, 0.3) is 0 Å². The minimum Gasteiger partial charge on any atom is -0.336 e. The van der Waals surface area contributed by atoms with Crippen molar-refractivity contribution in [1.29, 1.82) is 0 Å². The molecule has 1 atom stereocenters. The summed E-state index contributed by atoms with van der Waals surface area (Å²) in [6.07, 6.45) is 3.12. The molecule has 1 aliphatic rings. The van der Waals surface area contributed by atoms with Crippen molar-refractivity contribution < 1.29 is 9.18 Å². The van der Waals surface area contributed by atoms with E-state index >= 15 is 0 Å². The van der Waals surface area contributed by atoms with Gasteiger partial charge in [-0.05, 0) is 53.4 Å². The van der Waals surface area contributed by atoms with Crippen LogP contribution in [0.2, 0.25) is 0 Å². The minimum atomic E-state index is -0.338. The van der Waals surface area contributed by atoms with Gasteiger partial charge in [0.15, 0.2) is 0 Å². The lowest BCUT2D eigenvalue weighted by Gasteiger charge is -2.23. The highest BCUT2D eigenvalue weighted by Crippen LogP contribution is 2.24. The van der Waals surface area contributed by atoms with Crippen LogP contribution in [0.1, 0.15) is 36.5 Å². The molecule has 0 N–H and O–H groups in total. The summed E-state index contributed by atoms with van der Waals surface area (Å²) in [7, 11) is 0. The highest BCUT2D eigenvalue weighted by molar-refractivity contribution is 9.10. The number of benzene rings is 1. The molecule has 1 heterocycles. The molecule has 92 valence electrons. The fraction of sp³-hybridized carbons (Fsp3) is 0.462. The first-order valence-corrected chi connectivity index (χ1v) is 6.68. The fourth-order valence-electron chi connectivity index (χ4n) is 2.32. The average molecular weight is 300 g/mol. The molecule has 0 bridgehead atoms. The van der Waals surface area contributed by atoms with Crippen LogP contribution in [-0.2, 0) is 0 Å². The predicted molar refractivity (Wildman–Crippen MR) is 68.4 cm³/mol. The Morgan fingerprint density at radius 1 is 1.59 bits per heavy atom. The topological polar surface area (TPSA) is 20.3 Å². The molecule has 2 nitrogen and oxygen atoms in total. The molecule has 0 radical (unpaired) electrons. The molecular formula is C13H15BrFNO. The highest BCUT2D eigenvalue weighted by atomic mass is 79.9. The Labute approximate surface area is 109 Å². The molecule has 2 rings (SSSR count). The summed E-state index contributed by atoms with van der Waals surface area (Å²) in [5, 5.41) is 0. The third kappa shape index (κ3) is 2.51. The van der Waals surface area contributed by atoms with Gasteiger partial charge in [-0.3, -0.25) is 4.79 Å². The Morgan fingerprint density at radius 3 is 3.00 bits per heavy atom. The largest absolute Gasteiger partial charge is 0.336 e. The molecule has 0 saturated carbocycles. The molecule has 1 saturated heterocycles. The van der Waals surface area contributed by atoms with Crippen molar-refractivity contribution in [2.45, 2.75) is 32.2 Å². The molecule has 17 heavy (non-hydrogen) atoms. The van der Waals surface area contributed by atoms with Crippen molar-refractivity contribution in [2.24, 2.45) is 0 Å². The van der Waals surface area contributed by atoms with Crippen molar-refractivity contribution >= 4 is 21.8 Å². The van der Waals surface area contributed by atoms with Gasteiger partial charge in [0.25, 0.3) is 5.91 Å². The van der Waals surface area contributed by atoms with E-state index in [1.165, 1.54) is 6.07 Å². The molecule has 1 unspecified atom stereocenters. The van der Waals surface area contributed by atoms with E-state index in [2.05, 4.69) is 22.9 Å². The van der Waals surface area contributed by atoms with Crippen molar-refractivity contribution in [3.63, 3.8) is 0 Å². The average Bonchev–Trinajstić information content (AvgIpc) is 2.80. The van der Waals surface area contributed by atoms with Gasteiger partial charge in [-0.1, -0.05) is 6.92 Å². The third-order valence-corrected chi connectivity index (χ3v) is 3.88. The Bertz CT molecular complexity index is 435. The SMILES string of the molecule is CCC1CCCN1C(=O)c1ccc(F)c(Br)c1. The first-order chi connectivity index (χ1) is 8.13. The lowest BCUT2D eigenvalue weighted by molar-refractivity contribution is 0.0733. The van der Waals surface area contributed by atoms with E-state index in [0.717, 1.165) is 25.8 Å². The van der Waals surface area contributed by atoms with Gasteiger partial charge >= 0.3 is 0 Å².